The molecule has 0 fully saturated rings. The molecule has 0 aromatic rings. The Morgan fingerprint density at radius 1 is 1.64 bits per heavy atom. The Labute approximate surface area is 95.5 Å². The lowest BCUT2D eigenvalue weighted by Gasteiger charge is -2.08. The van der Waals surface area contributed by atoms with Crippen molar-refractivity contribution in [2.75, 3.05) is 14.1 Å². The minimum atomic E-state index is 0.333. The molecule has 0 aromatic carbocycles. The average Bonchev–Trinajstić information content (AvgIpc) is 1.98. The first-order chi connectivity index (χ1) is 6.41. The summed E-state index contributed by atoms with van der Waals surface area (Å²) in [5, 5.41) is 8.22. The van der Waals surface area contributed by atoms with Gasteiger partial charge in [-0.1, -0.05) is 30.9 Å². The van der Waals surface area contributed by atoms with E-state index in [1.54, 1.807) is 6.34 Å². The van der Waals surface area contributed by atoms with Crippen LogP contribution in [0.15, 0.2) is 4.99 Å². The van der Waals surface area contributed by atoms with Crippen LogP contribution in [0.1, 0.15) is 20.3 Å². The molecule has 1 N–H and O–H groups in total. The summed E-state index contributed by atoms with van der Waals surface area (Å²) in [6, 6.07) is 0. The molecule has 0 spiro atoms. The maximum Gasteiger partial charge on any atom is 0.181 e. The van der Waals surface area contributed by atoms with Crippen LogP contribution >= 0.6 is 24.0 Å². The van der Waals surface area contributed by atoms with Gasteiger partial charge in [0.25, 0.3) is 0 Å². The van der Waals surface area contributed by atoms with Crippen LogP contribution in [0.25, 0.3) is 0 Å². The first kappa shape index (κ1) is 13.6. The summed E-state index contributed by atoms with van der Waals surface area (Å²) in [4.78, 5) is 6.77. The molecule has 1 unspecified atom stereocenters. The second-order valence-corrected chi connectivity index (χ2v) is 5.47. The van der Waals surface area contributed by atoms with Crippen molar-refractivity contribution in [3.63, 3.8) is 0 Å². The summed E-state index contributed by atoms with van der Waals surface area (Å²) in [5.41, 5.74) is 0. The fraction of sp³-hybridized carbons (Fsp3) is 0.667. The van der Waals surface area contributed by atoms with Crippen LogP contribution in [0.5, 0.6) is 0 Å². The highest BCUT2D eigenvalue weighted by Gasteiger charge is 2.06. The van der Waals surface area contributed by atoms with Crippen molar-refractivity contribution in [1.29, 1.82) is 5.41 Å². The van der Waals surface area contributed by atoms with Crippen LogP contribution in [-0.2, 0) is 0 Å². The molecule has 0 aliphatic heterocycles. The van der Waals surface area contributed by atoms with Crippen LogP contribution in [0.2, 0.25) is 0 Å². The van der Waals surface area contributed by atoms with Gasteiger partial charge >= 0.3 is 0 Å². The predicted molar refractivity (Wildman–Crippen MR) is 69.8 cm³/mol. The van der Waals surface area contributed by atoms with Gasteiger partial charge in [-0.05, 0) is 18.2 Å². The molecular formula is C9H17N3S2. The van der Waals surface area contributed by atoms with E-state index in [4.69, 9.17) is 17.6 Å². The lowest BCUT2D eigenvalue weighted by Crippen LogP contribution is -2.10. The first-order valence-corrected chi connectivity index (χ1v) is 5.66. The third-order valence-electron chi connectivity index (χ3n) is 1.29. The number of thiocarbonyl (C=S) groups is 1. The number of aliphatic imine (C=N–C) groups is 1. The fourth-order valence-electron chi connectivity index (χ4n) is 0.835. The van der Waals surface area contributed by atoms with E-state index < -0.39 is 0 Å². The number of hydrogen-bond acceptors (Lipinski definition) is 3. The standard InChI is InChI=1S/C9H17N3S2/c1-7(13)5-8(2)14-9(10)11-6-12(3)4/h6,8,10H,5H2,1-4H3/b10-9?,11-6+. The van der Waals surface area contributed by atoms with Crippen molar-refractivity contribution in [2.45, 2.75) is 25.5 Å². The second-order valence-electron chi connectivity index (χ2n) is 3.35. The Morgan fingerprint density at radius 2 is 2.21 bits per heavy atom. The van der Waals surface area contributed by atoms with E-state index in [9.17, 15) is 0 Å². The van der Waals surface area contributed by atoms with Crippen LogP contribution in [-0.4, -0.2) is 40.6 Å². The van der Waals surface area contributed by atoms with Gasteiger partial charge in [0.2, 0.25) is 0 Å². The van der Waals surface area contributed by atoms with E-state index in [1.165, 1.54) is 11.8 Å². The van der Waals surface area contributed by atoms with Gasteiger partial charge in [-0.2, -0.15) is 0 Å². The van der Waals surface area contributed by atoms with Crippen molar-refractivity contribution in [2.24, 2.45) is 4.99 Å². The molecule has 0 bridgehead atoms. The van der Waals surface area contributed by atoms with E-state index in [0.29, 0.717) is 10.4 Å². The van der Waals surface area contributed by atoms with Crippen molar-refractivity contribution >= 4 is 40.4 Å². The van der Waals surface area contributed by atoms with E-state index in [-0.39, 0.29) is 0 Å². The maximum atomic E-state index is 7.55. The van der Waals surface area contributed by atoms with Crippen molar-refractivity contribution in [1.82, 2.24) is 4.90 Å². The topological polar surface area (TPSA) is 39.5 Å². The Hall–Kier alpha value is -0.420. The highest BCUT2D eigenvalue weighted by Crippen LogP contribution is 2.16. The molecule has 0 heterocycles. The van der Waals surface area contributed by atoms with Gasteiger partial charge in [-0.15, -0.1) is 0 Å². The summed E-state index contributed by atoms with van der Waals surface area (Å²) in [7, 11) is 3.76. The van der Waals surface area contributed by atoms with Gasteiger partial charge in [0.15, 0.2) is 5.17 Å². The Bertz CT molecular complexity index is 236. The molecule has 0 aliphatic rings. The molecule has 80 valence electrons. The molecule has 0 rings (SSSR count). The zero-order valence-corrected chi connectivity index (χ0v) is 10.7. The predicted octanol–water partition coefficient (Wildman–Crippen LogP) is 2.41. The zero-order valence-electron chi connectivity index (χ0n) is 9.07. The summed E-state index contributed by atoms with van der Waals surface area (Å²) < 4.78 is 0. The summed E-state index contributed by atoms with van der Waals surface area (Å²) in [6.07, 6.45) is 2.49. The van der Waals surface area contributed by atoms with Gasteiger partial charge in [0.1, 0.15) is 0 Å². The fourth-order valence-corrected chi connectivity index (χ4v) is 2.01. The van der Waals surface area contributed by atoms with E-state index >= 15 is 0 Å². The van der Waals surface area contributed by atoms with Crippen LogP contribution in [0, 0.1) is 5.41 Å². The van der Waals surface area contributed by atoms with Crippen LogP contribution in [0.4, 0.5) is 0 Å². The Balaban J connectivity index is 3.88. The van der Waals surface area contributed by atoms with E-state index in [0.717, 1.165) is 11.3 Å². The van der Waals surface area contributed by atoms with Crippen molar-refractivity contribution in [3.8, 4) is 0 Å². The number of amidine groups is 1. The van der Waals surface area contributed by atoms with Gasteiger partial charge in [-0.3, -0.25) is 5.41 Å². The zero-order chi connectivity index (χ0) is 11.1. The molecule has 3 nitrogen and oxygen atoms in total. The number of hydrogen-bond donors (Lipinski definition) is 1. The van der Waals surface area contributed by atoms with E-state index in [1.807, 2.05) is 25.9 Å². The maximum absolute atomic E-state index is 7.55. The van der Waals surface area contributed by atoms with Gasteiger partial charge in [-0.25, -0.2) is 4.99 Å². The third kappa shape index (κ3) is 8.19. The Morgan fingerprint density at radius 3 is 2.64 bits per heavy atom. The van der Waals surface area contributed by atoms with Crippen molar-refractivity contribution in [3.05, 3.63) is 0 Å². The second kappa shape index (κ2) is 6.95. The monoisotopic (exact) mass is 231 g/mol. The highest BCUT2D eigenvalue weighted by atomic mass is 32.2. The van der Waals surface area contributed by atoms with Gasteiger partial charge < -0.3 is 4.90 Å². The van der Waals surface area contributed by atoms with Gasteiger partial charge in [0, 0.05) is 19.3 Å². The molecule has 0 aromatic heterocycles. The molecule has 5 heteroatoms. The quantitative estimate of drug-likeness (QED) is 0.459. The SMILES string of the molecule is CC(=S)CC(C)SC(=N)/N=C/N(C)C. The smallest absolute Gasteiger partial charge is 0.181 e. The lowest BCUT2D eigenvalue weighted by molar-refractivity contribution is 0.644. The molecular weight excluding hydrogens is 214 g/mol. The van der Waals surface area contributed by atoms with E-state index in [2.05, 4.69) is 11.9 Å². The Kier molecular flexibility index (Phi) is 6.74. The number of nitrogens with one attached hydrogen (secondary N) is 1. The molecule has 0 aliphatic carbocycles. The first-order valence-electron chi connectivity index (χ1n) is 4.37. The lowest BCUT2D eigenvalue weighted by atomic mass is 10.3. The van der Waals surface area contributed by atoms with Crippen molar-refractivity contribution < 1.29 is 0 Å². The third-order valence-corrected chi connectivity index (χ3v) is 2.36. The highest BCUT2D eigenvalue weighted by molar-refractivity contribution is 8.14. The number of nitrogens with zero attached hydrogens (tertiary/aromatic N) is 2. The largest absolute Gasteiger partial charge is 0.369 e. The minimum Gasteiger partial charge on any atom is -0.369 e. The normalized spacial score (nSPS) is 12.9. The number of rotatable bonds is 4. The minimum absolute atomic E-state index is 0.333. The molecule has 0 saturated heterocycles. The summed E-state index contributed by atoms with van der Waals surface area (Å²) >= 11 is 6.44. The van der Waals surface area contributed by atoms with Crippen LogP contribution in [0.3, 0.4) is 0 Å². The number of thioether (sulfide) groups is 1. The molecule has 0 radical (unpaired) electrons. The molecule has 1 atom stereocenters. The summed E-state index contributed by atoms with van der Waals surface area (Å²) in [6.45, 7) is 3.99. The summed E-state index contributed by atoms with van der Waals surface area (Å²) in [5.74, 6) is 0. The molecule has 14 heavy (non-hydrogen) atoms. The molecule has 0 saturated carbocycles. The average molecular weight is 231 g/mol. The van der Waals surface area contributed by atoms with Gasteiger partial charge in [0.05, 0.1) is 6.34 Å². The van der Waals surface area contributed by atoms with Crippen LogP contribution < -0.4 is 0 Å². The molecule has 0 amide bonds.